The average Bonchev–Trinajstić information content (AvgIpc) is 2.25. The van der Waals surface area contributed by atoms with Gasteiger partial charge >= 0.3 is 5.97 Å². The van der Waals surface area contributed by atoms with Crippen LogP contribution in [-0.2, 0) is 16.0 Å². The molecule has 0 fully saturated rings. The van der Waals surface area contributed by atoms with Gasteiger partial charge in [-0.05, 0) is 23.6 Å². The number of aliphatic carboxylic acids is 1. The minimum Gasteiger partial charge on any atom is -0.481 e. The Morgan fingerprint density at radius 2 is 1.88 bits per heavy atom. The molecule has 16 heavy (non-hydrogen) atoms. The van der Waals surface area contributed by atoms with Crippen LogP contribution in [0.2, 0.25) is 0 Å². The van der Waals surface area contributed by atoms with Gasteiger partial charge in [0.25, 0.3) is 0 Å². The summed E-state index contributed by atoms with van der Waals surface area (Å²) in [7, 11) is 0. The summed E-state index contributed by atoms with van der Waals surface area (Å²) in [6.45, 7) is 0. The van der Waals surface area contributed by atoms with E-state index in [2.05, 4.69) is 0 Å². The number of hydrogen-bond donors (Lipinski definition) is 2. The molecular weight excluding hydrogens is 206 g/mol. The van der Waals surface area contributed by atoms with Crippen LogP contribution in [-0.4, -0.2) is 17.0 Å². The lowest BCUT2D eigenvalue weighted by Gasteiger charge is -1.99. The molecule has 0 radical (unpaired) electrons. The fraction of sp³-hybridized carbons (Fsp3) is 0.167. The smallest absolute Gasteiger partial charge is 0.303 e. The third-order valence-corrected chi connectivity index (χ3v) is 2.05. The quantitative estimate of drug-likeness (QED) is 0.730. The van der Waals surface area contributed by atoms with Crippen molar-refractivity contribution in [3.63, 3.8) is 0 Å². The highest BCUT2D eigenvalue weighted by atomic mass is 16.4. The average molecular weight is 219 g/mol. The lowest BCUT2D eigenvalue weighted by Crippen LogP contribution is -2.05. The Bertz CT molecular complexity index is 407. The molecular formula is C12H13NO3. The minimum atomic E-state index is -0.808. The Balaban J connectivity index is 2.60. The second-order valence-corrected chi connectivity index (χ2v) is 3.37. The number of amides is 1. The molecule has 4 nitrogen and oxygen atoms in total. The third-order valence-electron chi connectivity index (χ3n) is 2.05. The maximum Gasteiger partial charge on any atom is 0.303 e. The predicted octanol–water partition coefficient (Wildman–Crippen LogP) is 1.20. The van der Waals surface area contributed by atoms with Crippen LogP contribution in [0.4, 0.5) is 0 Å². The highest BCUT2D eigenvalue weighted by Gasteiger charge is 1.98. The first-order chi connectivity index (χ1) is 7.58. The molecule has 0 saturated carbocycles. The number of nitrogens with two attached hydrogens (primary N) is 1. The van der Waals surface area contributed by atoms with Gasteiger partial charge in [-0.15, -0.1) is 0 Å². The molecule has 0 aliphatic carbocycles. The second-order valence-electron chi connectivity index (χ2n) is 3.37. The van der Waals surface area contributed by atoms with Crippen molar-refractivity contribution in [1.82, 2.24) is 0 Å². The normalized spacial score (nSPS) is 10.5. The van der Waals surface area contributed by atoms with Crippen LogP contribution in [0.3, 0.4) is 0 Å². The van der Waals surface area contributed by atoms with Crippen molar-refractivity contribution < 1.29 is 14.7 Å². The van der Waals surface area contributed by atoms with E-state index in [1.807, 2.05) is 24.3 Å². The van der Waals surface area contributed by atoms with Crippen molar-refractivity contribution in [2.24, 2.45) is 5.73 Å². The SMILES string of the molecule is NC(=O)C=Cc1ccc(CCC(=O)O)cc1. The van der Waals surface area contributed by atoms with Gasteiger partial charge in [-0.3, -0.25) is 9.59 Å². The summed E-state index contributed by atoms with van der Waals surface area (Å²) in [6.07, 6.45) is 3.53. The molecule has 0 saturated heterocycles. The van der Waals surface area contributed by atoms with Gasteiger partial charge in [0.2, 0.25) is 5.91 Å². The first kappa shape index (κ1) is 12.0. The largest absolute Gasteiger partial charge is 0.481 e. The Hall–Kier alpha value is -2.10. The monoisotopic (exact) mass is 219 g/mol. The van der Waals surface area contributed by atoms with E-state index in [9.17, 15) is 9.59 Å². The van der Waals surface area contributed by atoms with Gasteiger partial charge in [0, 0.05) is 12.5 Å². The maximum absolute atomic E-state index is 10.5. The van der Waals surface area contributed by atoms with E-state index in [-0.39, 0.29) is 6.42 Å². The van der Waals surface area contributed by atoms with Crippen molar-refractivity contribution in [1.29, 1.82) is 0 Å². The zero-order chi connectivity index (χ0) is 12.0. The molecule has 1 rings (SSSR count). The van der Waals surface area contributed by atoms with Crippen LogP contribution in [0, 0.1) is 0 Å². The van der Waals surface area contributed by atoms with Gasteiger partial charge < -0.3 is 10.8 Å². The van der Waals surface area contributed by atoms with Crippen molar-refractivity contribution in [3.8, 4) is 0 Å². The molecule has 0 aliphatic rings. The molecule has 0 bridgehead atoms. The Morgan fingerprint density at radius 3 is 2.38 bits per heavy atom. The van der Waals surface area contributed by atoms with Gasteiger partial charge in [-0.25, -0.2) is 0 Å². The fourth-order valence-corrected chi connectivity index (χ4v) is 1.23. The Labute approximate surface area is 93.4 Å². The number of primary amides is 1. The first-order valence-corrected chi connectivity index (χ1v) is 4.86. The molecule has 84 valence electrons. The van der Waals surface area contributed by atoms with Crippen LogP contribution in [0.5, 0.6) is 0 Å². The molecule has 4 heteroatoms. The Kier molecular flexibility index (Phi) is 4.27. The van der Waals surface area contributed by atoms with Crippen LogP contribution in [0.25, 0.3) is 6.08 Å². The number of carboxylic acids is 1. The van der Waals surface area contributed by atoms with Crippen molar-refractivity contribution in [2.75, 3.05) is 0 Å². The second kappa shape index (κ2) is 5.70. The van der Waals surface area contributed by atoms with Crippen LogP contribution < -0.4 is 5.73 Å². The van der Waals surface area contributed by atoms with Gasteiger partial charge in [-0.1, -0.05) is 24.3 Å². The molecule has 0 heterocycles. The van der Waals surface area contributed by atoms with Crippen LogP contribution in [0.15, 0.2) is 30.3 Å². The number of carbonyl (C=O) groups is 2. The van der Waals surface area contributed by atoms with Crippen LogP contribution >= 0.6 is 0 Å². The third kappa shape index (κ3) is 4.41. The highest BCUT2D eigenvalue weighted by Crippen LogP contribution is 2.08. The number of benzene rings is 1. The maximum atomic E-state index is 10.5. The van der Waals surface area contributed by atoms with E-state index in [0.717, 1.165) is 11.1 Å². The zero-order valence-corrected chi connectivity index (χ0v) is 8.72. The molecule has 0 unspecified atom stereocenters. The summed E-state index contributed by atoms with van der Waals surface area (Å²) in [5.74, 6) is -1.30. The standard InChI is InChI=1S/C12H13NO3/c13-11(14)7-5-9-1-3-10(4-2-9)6-8-12(15)16/h1-5,7H,6,8H2,(H2,13,14)(H,15,16). The predicted molar refractivity (Wildman–Crippen MR) is 60.6 cm³/mol. The summed E-state index contributed by atoms with van der Waals surface area (Å²) < 4.78 is 0. The van der Waals surface area contributed by atoms with Crippen molar-refractivity contribution >= 4 is 18.0 Å². The number of carbonyl (C=O) groups excluding carboxylic acids is 1. The molecule has 0 aromatic heterocycles. The van der Waals surface area contributed by atoms with E-state index < -0.39 is 11.9 Å². The van der Waals surface area contributed by atoms with E-state index in [0.29, 0.717) is 6.42 Å². The fourth-order valence-electron chi connectivity index (χ4n) is 1.23. The van der Waals surface area contributed by atoms with Gasteiger partial charge in [0.15, 0.2) is 0 Å². The summed E-state index contributed by atoms with van der Waals surface area (Å²) in [6, 6.07) is 7.31. The number of carboxylic acid groups (broad SMARTS) is 1. The number of rotatable bonds is 5. The van der Waals surface area contributed by atoms with E-state index in [4.69, 9.17) is 10.8 Å². The molecule has 1 aromatic carbocycles. The molecule has 3 N–H and O–H groups in total. The van der Waals surface area contributed by atoms with E-state index >= 15 is 0 Å². The van der Waals surface area contributed by atoms with Gasteiger partial charge in [0.05, 0.1) is 0 Å². The molecule has 1 amide bonds. The highest BCUT2D eigenvalue weighted by molar-refractivity contribution is 5.90. The summed E-state index contributed by atoms with van der Waals surface area (Å²) in [4.78, 5) is 20.8. The summed E-state index contributed by atoms with van der Waals surface area (Å²) in [5.41, 5.74) is 6.78. The molecule has 0 spiro atoms. The number of aryl methyl sites for hydroxylation is 1. The van der Waals surface area contributed by atoms with Crippen molar-refractivity contribution in [2.45, 2.75) is 12.8 Å². The van der Waals surface area contributed by atoms with E-state index in [1.165, 1.54) is 6.08 Å². The summed E-state index contributed by atoms with van der Waals surface area (Å²) >= 11 is 0. The zero-order valence-electron chi connectivity index (χ0n) is 8.72. The Morgan fingerprint density at radius 1 is 1.25 bits per heavy atom. The lowest BCUT2D eigenvalue weighted by molar-refractivity contribution is -0.137. The van der Waals surface area contributed by atoms with Gasteiger partial charge in [0.1, 0.15) is 0 Å². The number of hydrogen-bond acceptors (Lipinski definition) is 2. The molecule has 0 atom stereocenters. The minimum absolute atomic E-state index is 0.121. The van der Waals surface area contributed by atoms with Crippen LogP contribution in [0.1, 0.15) is 17.5 Å². The molecule has 0 aliphatic heterocycles. The van der Waals surface area contributed by atoms with Crippen molar-refractivity contribution in [3.05, 3.63) is 41.5 Å². The van der Waals surface area contributed by atoms with Gasteiger partial charge in [-0.2, -0.15) is 0 Å². The molecule has 1 aromatic rings. The summed E-state index contributed by atoms with van der Waals surface area (Å²) in [5, 5.41) is 8.51. The van der Waals surface area contributed by atoms with E-state index in [1.54, 1.807) is 6.08 Å². The lowest BCUT2D eigenvalue weighted by atomic mass is 10.1. The topological polar surface area (TPSA) is 80.4 Å². The first-order valence-electron chi connectivity index (χ1n) is 4.86.